The fourth-order valence-electron chi connectivity index (χ4n) is 3.99. The van der Waals surface area contributed by atoms with Crippen molar-refractivity contribution in [2.75, 3.05) is 6.61 Å². The molecule has 1 atom stereocenters. The Bertz CT molecular complexity index is 1120. The molecule has 2 aromatic carbocycles. The van der Waals surface area contributed by atoms with Crippen LogP contribution < -0.4 is 4.74 Å². The van der Waals surface area contributed by atoms with Gasteiger partial charge in [-0.1, -0.05) is 48.9 Å². The van der Waals surface area contributed by atoms with E-state index in [-0.39, 0.29) is 12.3 Å². The molecule has 2 aromatic rings. The maximum atomic E-state index is 13.0. The van der Waals surface area contributed by atoms with Crippen molar-refractivity contribution in [3.63, 3.8) is 0 Å². The number of aliphatic carboxylic acids is 1. The fourth-order valence-corrected chi connectivity index (χ4v) is 3.99. The molecule has 0 spiro atoms. The van der Waals surface area contributed by atoms with Crippen molar-refractivity contribution in [2.24, 2.45) is 10.9 Å². The fraction of sp³-hybridized carbons (Fsp3) is 0.357. The lowest BCUT2D eigenvalue weighted by molar-refractivity contribution is -0.138. The van der Waals surface area contributed by atoms with Crippen LogP contribution in [0.1, 0.15) is 56.2 Å². The summed E-state index contributed by atoms with van der Waals surface area (Å²) in [7, 11) is 0. The Hall–Kier alpha value is -3.35. The number of ether oxygens (including phenoxy) is 1. The highest BCUT2D eigenvalue weighted by Crippen LogP contribution is 2.31. The number of carboxylic acid groups (broad SMARTS) is 1. The highest BCUT2D eigenvalue weighted by molar-refractivity contribution is 6.13. The van der Waals surface area contributed by atoms with Crippen molar-refractivity contribution in [3.05, 3.63) is 88.6 Å². The van der Waals surface area contributed by atoms with Crippen molar-refractivity contribution in [2.45, 2.75) is 52.1 Å². The number of para-hydroxylation sites is 1. The van der Waals surface area contributed by atoms with E-state index in [0.29, 0.717) is 30.7 Å². The number of aliphatic imine (C=N–C) groups is 1. The third-order valence-corrected chi connectivity index (χ3v) is 5.84. The summed E-state index contributed by atoms with van der Waals surface area (Å²) in [6.07, 6.45) is 2.39. The Morgan fingerprint density at radius 2 is 1.89 bits per heavy atom. The summed E-state index contributed by atoms with van der Waals surface area (Å²) < 4.78 is 44.8. The molecule has 7 heteroatoms. The minimum Gasteiger partial charge on any atom is -0.493 e. The molecule has 0 amide bonds. The topological polar surface area (TPSA) is 58.9 Å². The molecule has 0 bridgehead atoms. The molecule has 0 saturated carbocycles. The van der Waals surface area contributed by atoms with Crippen LogP contribution in [0.15, 0.2) is 76.9 Å². The summed E-state index contributed by atoms with van der Waals surface area (Å²) in [6.45, 7) is 4.39. The van der Waals surface area contributed by atoms with Crippen LogP contribution in [0.2, 0.25) is 0 Å². The Labute approximate surface area is 203 Å². The van der Waals surface area contributed by atoms with Crippen LogP contribution in [-0.4, -0.2) is 23.4 Å². The van der Waals surface area contributed by atoms with Gasteiger partial charge in [0.15, 0.2) is 0 Å². The van der Waals surface area contributed by atoms with E-state index in [9.17, 15) is 18.0 Å². The van der Waals surface area contributed by atoms with Crippen LogP contribution in [-0.2, 0) is 17.4 Å². The highest BCUT2D eigenvalue weighted by Gasteiger charge is 2.30. The van der Waals surface area contributed by atoms with Crippen molar-refractivity contribution in [1.82, 2.24) is 0 Å². The van der Waals surface area contributed by atoms with E-state index in [1.54, 1.807) is 6.20 Å². The number of halogens is 3. The minimum atomic E-state index is -4.37. The quantitative estimate of drug-likeness (QED) is 0.361. The lowest BCUT2D eigenvalue weighted by atomic mass is 9.92. The summed E-state index contributed by atoms with van der Waals surface area (Å²) in [6, 6.07) is 12.8. The van der Waals surface area contributed by atoms with Crippen LogP contribution in [0.25, 0.3) is 0 Å². The number of benzene rings is 2. The normalized spacial score (nSPS) is 16.0. The number of carboxylic acids is 1. The highest BCUT2D eigenvalue weighted by atomic mass is 19.4. The van der Waals surface area contributed by atoms with Gasteiger partial charge in [0, 0.05) is 18.2 Å². The first-order valence-electron chi connectivity index (χ1n) is 11.7. The number of carbonyl (C=O) groups is 1. The molecule has 1 N–H and O–H groups in total. The second kappa shape index (κ2) is 11.9. The van der Waals surface area contributed by atoms with Gasteiger partial charge < -0.3 is 9.84 Å². The Morgan fingerprint density at radius 1 is 1.17 bits per heavy atom. The smallest absolute Gasteiger partial charge is 0.416 e. The molecule has 3 rings (SSSR count). The van der Waals surface area contributed by atoms with Gasteiger partial charge in [0.1, 0.15) is 5.75 Å². The molecule has 35 heavy (non-hydrogen) atoms. The maximum absolute atomic E-state index is 13.0. The van der Waals surface area contributed by atoms with E-state index in [4.69, 9.17) is 9.84 Å². The zero-order chi connectivity index (χ0) is 25.4. The van der Waals surface area contributed by atoms with Crippen LogP contribution in [0.4, 0.5) is 13.2 Å². The Morgan fingerprint density at radius 3 is 2.57 bits per heavy atom. The molecule has 1 heterocycles. The molecule has 0 saturated heterocycles. The lowest BCUT2D eigenvalue weighted by Crippen LogP contribution is -2.11. The van der Waals surface area contributed by atoms with E-state index in [1.165, 1.54) is 12.1 Å². The van der Waals surface area contributed by atoms with Crippen molar-refractivity contribution in [3.8, 4) is 5.75 Å². The predicted octanol–water partition coefficient (Wildman–Crippen LogP) is 7.24. The first-order chi connectivity index (χ1) is 16.6. The number of nitrogens with zero attached hydrogens (tertiary/aromatic N) is 1. The van der Waals surface area contributed by atoms with E-state index in [2.05, 4.69) is 11.1 Å². The molecule has 0 unspecified atom stereocenters. The van der Waals surface area contributed by atoms with Crippen molar-refractivity contribution < 1.29 is 27.8 Å². The van der Waals surface area contributed by atoms with E-state index >= 15 is 0 Å². The van der Waals surface area contributed by atoms with E-state index < -0.39 is 17.7 Å². The van der Waals surface area contributed by atoms with Gasteiger partial charge in [-0.15, -0.1) is 0 Å². The molecule has 0 radical (unpaired) electrons. The first-order valence-corrected chi connectivity index (χ1v) is 11.7. The minimum absolute atomic E-state index is 0.0987. The van der Waals surface area contributed by atoms with Gasteiger partial charge in [0.25, 0.3) is 0 Å². The summed E-state index contributed by atoms with van der Waals surface area (Å²) in [5, 5.41) is 8.88. The molecular weight excluding hydrogens is 455 g/mol. The van der Waals surface area contributed by atoms with Gasteiger partial charge in [-0.05, 0) is 67.9 Å². The zero-order valence-corrected chi connectivity index (χ0v) is 19.9. The summed E-state index contributed by atoms with van der Waals surface area (Å²) in [4.78, 5) is 15.3. The van der Waals surface area contributed by atoms with E-state index in [0.717, 1.165) is 47.4 Å². The van der Waals surface area contributed by atoms with Crippen LogP contribution in [0.3, 0.4) is 0 Å². The third kappa shape index (κ3) is 7.84. The Balaban J connectivity index is 1.70. The van der Waals surface area contributed by atoms with E-state index in [1.807, 2.05) is 38.1 Å². The second-order valence-corrected chi connectivity index (χ2v) is 8.94. The average Bonchev–Trinajstić information content (AvgIpc) is 2.80. The van der Waals surface area contributed by atoms with Gasteiger partial charge in [-0.2, -0.15) is 13.2 Å². The Kier molecular flexibility index (Phi) is 8.90. The largest absolute Gasteiger partial charge is 0.493 e. The maximum Gasteiger partial charge on any atom is 0.416 e. The first kappa shape index (κ1) is 26.3. The number of hydrogen-bond donors (Lipinski definition) is 1. The standard InChI is InChI=1S/C28H30F3NO3/c1-19(17-26(33)34)6-5-15-35-25-8-4-3-7-21(25)9-10-23-16-20(2)18-32-27(23)22-11-13-24(14-12-22)28(29,30)31/h3-4,7-8,10-14,18-19H,5-6,9,15-17H2,1-2H3,(H,33,34)/b23-10-/t19-/m1/s1. The van der Waals surface area contributed by atoms with Crippen molar-refractivity contribution >= 4 is 11.7 Å². The predicted molar refractivity (Wildman–Crippen MR) is 131 cm³/mol. The zero-order valence-electron chi connectivity index (χ0n) is 19.9. The summed E-state index contributed by atoms with van der Waals surface area (Å²) in [5.41, 5.74) is 3.67. The van der Waals surface area contributed by atoms with Crippen LogP contribution in [0.5, 0.6) is 5.75 Å². The molecular formula is C28H30F3NO3. The summed E-state index contributed by atoms with van der Waals surface area (Å²) >= 11 is 0. The molecule has 1 aliphatic rings. The number of alkyl halides is 3. The third-order valence-electron chi connectivity index (χ3n) is 5.84. The van der Waals surface area contributed by atoms with Gasteiger partial charge in [-0.3, -0.25) is 9.79 Å². The van der Waals surface area contributed by atoms with Gasteiger partial charge >= 0.3 is 12.1 Å². The molecule has 4 nitrogen and oxygen atoms in total. The van der Waals surface area contributed by atoms with Crippen molar-refractivity contribution in [1.29, 1.82) is 0 Å². The molecule has 0 aromatic heterocycles. The number of hydrogen-bond acceptors (Lipinski definition) is 3. The van der Waals surface area contributed by atoms with Gasteiger partial charge in [0.2, 0.25) is 0 Å². The van der Waals surface area contributed by atoms with Gasteiger partial charge in [-0.25, -0.2) is 0 Å². The van der Waals surface area contributed by atoms with Crippen LogP contribution in [0, 0.1) is 5.92 Å². The number of rotatable bonds is 10. The van der Waals surface area contributed by atoms with Crippen LogP contribution >= 0.6 is 0 Å². The second-order valence-electron chi connectivity index (χ2n) is 8.94. The van der Waals surface area contributed by atoms with Gasteiger partial charge in [0.05, 0.1) is 17.9 Å². The monoisotopic (exact) mass is 485 g/mol. The molecule has 1 aliphatic heterocycles. The number of allylic oxidation sites excluding steroid dienone is 3. The SMILES string of the molecule is CC1=CN=C(c2ccc(C(F)(F)F)cc2)/C(=C\Cc2ccccc2OCCC[C@@H](C)CC(=O)O)C1. The lowest BCUT2D eigenvalue weighted by Gasteiger charge is -2.17. The molecule has 0 aliphatic carbocycles. The average molecular weight is 486 g/mol. The summed E-state index contributed by atoms with van der Waals surface area (Å²) in [5.74, 6) is 0.0803. The molecule has 186 valence electrons. The molecule has 0 fully saturated rings.